The minimum Gasteiger partial charge on any atom is -0.258 e. The minimum absolute atomic E-state index is 0. The van der Waals surface area contributed by atoms with Gasteiger partial charge in [0.15, 0.2) is 0 Å². The number of nitrogens with one attached hydrogen (secondary N) is 1. The smallest absolute Gasteiger partial charge is 0.147 e. The van der Waals surface area contributed by atoms with Crippen molar-refractivity contribution in [3.63, 3.8) is 0 Å². The van der Waals surface area contributed by atoms with Crippen molar-refractivity contribution < 1.29 is 0 Å². The quantitative estimate of drug-likeness (QED) is 0.845. The molecule has 1 atom stereocenters. The van der Waals surface area contributed by atoms with E-state index in [9.17, 15) is 0 Å². The fraction of sp³-hybridized carbons (Fsp3) is 0.500. The molecule has 16 heavy (non-hydrogen) atoms. The minimum atomic E-state index is 0. The van der Waals surface area contributed by atoms with Crippen LogP contribution in [-0.2, 0) is 0 Å². The standard InChI is InChI=1S/C10H13Cl2N3.ClH/c1-13-15-4-2-3-9(15)7-5-8(11)10(12)14-6-7;/h5-6,9,13H,2-4H2,1H3;1H/t9-;/m1./s1. The van der Waals surface area contributed by atoms with Gasteiger partial charge in [0.1, 0.15) is 5.15 Å². The highest BCUT2D eigenvalue weighted by Crippen LogP contribution is 2.32. The third kappa shape index (κ3) is 2.79. The SMILES string of the molecule is CNN1CCC[C@@H]1c1cnc(Cl)c(Cl)c1.Cl. The Morgan fingerprint density at radius 1 is 1.50 bits per heavy atom. The van der Waals surface area contributed by atoms with Crippen LogP contribution in [0.3, 0.4) is 0 Å². The first-order valence-corrected chi connectivity index (χ1v) is 5.73. The molecule has 0 saturated carbocycles. The van der Waals surface area contributed by atoms with Gasteiger partial charge in [0.25, 0.3) is 0 Å². The van der Waals surface area contributed by atoms with Crippen LogP contribution in [0.25, 0.3) is 0 Å². The molecule has 0 amide bonds. The third-order valence-electron chi connectivity index (χ3n) is 2.74. The molecule has 0 aliphatic carbocycles. The van der Waals surface area contributed by atoms with Crippen molar-refractivity contribution in [2.45, 2.75) is 18.9 Å². The van der Waals surface area contributed by atoms with Gasteiger partial charge in [0, 0.05) is 12.7 Å². The molecule has 3 nitrogen and oxygen atoms in total. The van der Waals surface area contributed by atoms with Crippen molar-refractivity contribution in [3.8, 4) is 0 Å². The highest BCUT2D eigenvalue weighted by Gasteiger charge is 2.25. The number of rotatable bonds is 2. The average Bonchev–Trinajstić information content (AvgIpc) is 2.70. The molecule has 0 bridgehead atoms. The van der Waals surface area contributed by atoms with E-state index in [1.165, 1.54) is 6.42 Å². The fourth-order valence-electron chi connectivity index (χ4n) is 2.00. The second-order valence-electron chi connectivity index (χ2n) is 3.62. The molecule has 0 radical (unpaired) electrons. The number of hydrogen-bond donors (Lipinski definition) is 1. The summed E-state index contributed by atoms with van der Waals surface area (Å²) in [6, 6.07) is 2.26. The van der Waals surface area contributed by atoms with Gasteiger partial charge in [-0.2, -0.15) is 0 Å². The van der Waals surface area contributed by atoms with Gasteiger partial charge < -0.3 is 0 Å². The number of pyridine rings is 1. The molecule has 1 aromatic heterocycles. The van der Waals surface area contributed by atoms with E-state index < -0.39 is 0 Å². The lowest BCUT2D eigenvalue weighted by Gasteiger charge is -2.23. The average molecular weight is 283 g/mol. The van der Waals surface area contributed by atoms with Gasteiger partial charge in [-0.3, -0.25) is 5.43 Å². The van der Waals surface area contributed by atoms with Crippen LogP contribution in [0.1, 0.15) is 24.4 Å². The lowest BCUT2D eigenvalue weighted by atomic mass is 10.1. The first-order valence-electron chi connectivity index (χ1n) is 4.97. The molecule has 90 valence electrons. The second kappa shape index (κ2) is 6.03. The normalized spacial score (nSPS) is 20.8. The molecular formula is C10H14Cl3N3. The number of hydrazine groups is 1. The van der Waals surface area contributed by atoms with Gasteiger partial charge in [0.05, 0.1) is 11.1 Å². The van der Waals surface area contributed by atoms with E-state index >= 15 is 0 Å². The molecule has 1 fully saturated rings. The number of nitrogens with zero attached hydrogens (tertiary/aromatic N) is 2. The van der Waals surface area contributed by atoms with Crippen LogP contribution in [0.4, 0.5) is 0 Å². The summed E-state index contributed by atoms with van der Waals surface area (Å²) in [6.45, 7) is 1.06. The molecule has 1 aliphatic rings. The molecule has 6 heteroatoms. The number of aromatic nitrogens is 1. The summed E-state index contributed by atoms with van der Waals surface area (Å²) in [6.07, 6.45) is 4.11. The largest absolute Gasteiger partial charge is 0.258 e. The van der Waals surface area contributed by atoms with E-state index in [4.69, 9.17) is 23.2 Å². The molecule has 1 saturated heterocycles. The fourth-order valence-corrected chi connectivity index (χ4v) is 2.28. The Labute approximate surface area is 112 Å². The first-order chi connectivity index (χ1) is 7.22. The van der Waals surface area contributed by atoms with Gasteiger partial charge in [0.2, 0.25) is 0 Å². The lowest BCUT2D eigenvalue weighted by Crippen LogP contribution is -2.34. The molecule has 2 heterocycles. The van der Waals surface area contributed by atoms with Crippen molar-refractivity contribution in [2.75, 3.05) is 13.6 Å². The van der Waals surface area contributed by atoms with E-state index in [0.29, 0.717) is 16.2 Å². The maximum atomic E-state index is 5.95. The van der Waals surface area contributed by atoms with Crippen LogP contribution in [-0.4, -0.2) is 23.6 Å². The van der Waals surface area contributed by atoms with Crippen LogP contribution in [0, 0.1) is 0 Å². The zero-order chi connectivity index (χ0) is 10.8. The maximum Gasteiger partial charge on any atom is 0.147 e. The molecule has 0 unspecified atom stereocenters. The Bertz CT molecular complexity index is 359. The summed E-state index contributed by atoms with van der Waals surface area (Å²) in [7, 11) is 1.93. The van der Waals surface area contributed by atoms with Gasteiger partial charge in [-0.25, -0.2) is 9.99 Å². The molecule has 1 N–H and O–H groups in total. The van der Waals surface area contributed by atoms with Crippen LogP contribution < -0.4 is 5.43 Å². The Morgan fingerprint density at radius 2 is 2.25 bits per heavy atom. The first kappa shape index (κ1) is 14.0. The van der Waals surface area contributed by atoms with Crippen LogP contribution in [0.2, 0.25) is 10.2 Å². The number of hydrogen-bond acceptors (Lipinski definition) is 3. The molecule has 1 aliphatic heterocycles. The summed E-state index contributed by atoms with van der Waals surface area (Å²) < 4.78 is 0. The van der Waals surface area contributed by atoms with Crippen LogP contribution in [0.5, 0.6) is 0 Å². The zero-order valence-electron chi connectivity index (χ0n) is 8.91. The van der Waals surface area contributed by atoms with Crippen molar-refractivity contribution in [3.05, 3.63) is 28.0 Å². The van der Waals surface area contributed by atoms with Gasteiger partial charge in [-0.05, 0) is 31.5 Å². The second-order valence-corrected chi connectivity index (χ2v) is 4.38. The van der Waals surface area contributed by atoms with E-state index in [-0.39, 0.29) is 12.4 Å². The van der Waals surface area contributed by atoms with Gasteiger partial charge in [-0.1, -0.05) is 23.2 Å². The van der Waals surface area contributed by atoms with Crippen LogP contribution >= 0.6 is 35.6 Å². The Kier molecular flexibility index (Phi) is 5.28. The predicted molar refractivity (Wildman–Crippen MR) is 69.2 cm³/mol. The molecule has 1 aromatic rings. The Hall–Kier alpha value is -0.0600. The summed E-state index contributed by atoms with van der Waals surface area (Å²) in [5.74, 6) is 0. The zero-order valence-corrected chi connectivity index (χ0v) is 11.2. The van der Waals surface area contributed by atoms with Crippen LogP contribution in [0.15, 0.2) is 12.3 Å². The molecule has 0 aromatic carbocycles. The maximum absolute atomic E-state index is 5.95. The lowest BCUT2D eigenvalue weighted by molar-refractivity contribution is 0.190. The highest BCUT2D eigenvalue weighted by molar-refractivity contribution is 6.41. The van der Waals surface area contributed by atoms with Gasteiger partial charge >= 0.3 is 0 Å². The molecule has 0 spiro atoms. The molecule has 2 rings (SSSR count). The summed E-state index contributed by atoms with van der Waals surface area (Å²) in [5, 5.41) is 3.09. The van der Waals surface area contributed by atoms with E-state index in [1.54, 1.807) is 6.20 Å². The van der Waals surface area contributed by atoms with Crippen molar-refractivity contribution in [2.24, 2.45) is 0 Å². The third-order valence-corrected chi connectivity index (χ3v) is 3.43. The number of halogens is 3. The summed E-state index contributed by atoms with van der Waals surface area (Å²) in [5.41, 5.74) is 4.30. The Morgan fingerprint density at radius 3 is 2.88 bits per heavy atom. The topological polar surface area (TPSA) is 28.2 Å². The van der Waals surface area contributed by atoms with Crippen molar-refractivity contribution >= 4 is 35.6 Å². The van der Waals surface area contributed by atoms with Gasteiger partial charge in [-0.15, -0.1) is 12.4 Å². The summed E-state index contributed by atoms with van der Waals surface area (Å²) in [4.78, 5) is 4.07. The highest BCUT2D eigenvalue weighted by atomic mass is 35.5. The van der Waals surface area contributed by atoms with E-state index in [2.05, 4.69) is 15.4 Å². The van der Waals surface area contributed by atoms with E-state index in [0.717, 1.165) is 18.5 Å². The summed E-state index contributed by atoms with van der Waals surface area (Å²) >= 11 is 11.7. The van der Waals surface area contributed by atoms with E-state index in [1.807, 2.05) is 13.1 Å². The predicted octanol–water partition coefficient (Wildman–Crippen LogP) is 3.08. The monoisotopic (exact) mass is 281 g/mol. The van der Waals surface area contributed by atoms with Crippen molar-refractivity contribution in [1.29, 1.82) is 0 Å². The Balaban J connectivity index is 0.00000128. The van der Waals surface area contributed by atoms with Crippen molar-refractivity contribution in [1.82, 2.24) is 15.4 Å². The molecular weight excluding hydrogens is 268 g/mol.